The molecule has 0 atom stereocenters. The number of amides is 1. The van der Waals surface area contributed by atoms with E-state index in [4.69, 9.17) is 16.3 Å². The summed E-state index contributed by atoms with van der Waals surface area (Å²) >= 11 is 7.11. The monoisotopic (exact) mass is 452 g/mol. The summed E-state index contributed by atoms with van der Waals surface area (Å²) < 4.78 is 5.18. The summed E-state index contributed by atoms with van der Waals surface area (Å²) in [5.74, 6) is -1.16. The maximum Gasteiger partial charge on any atom is 0.341 e. The first kappa shape index (κ1) is 22.1. The van der Waals surface area contributed by atoms with Crippen LogP contribution in [0.5, 0.6) is 5.75 Å². The van der Waals surface area contributed by atoms with Crippen LogP contribution >= 0.6 is 22.9 Å². The van der Waals surface area contributed by atoms with Crippen LogP contribution in [0.1, 0.15) is 22.8 Å². The van der Waals surface area contributed by atoms with Crippen LogP contribution in [-0.2, 0) is 9.53 Å². The van der Waals surface area contributed by atoms with Crippen LogP contribution in [0.15, 0.2) is 59.5 Å². The molecule has 1 aromatic heterocycles. The van der Waals surface area contributed by atoms with Gasteiger partial charge in [0.2, 0.25) is 0 Å². The summed E-state index contributed by atoms with van der Waals surface area (Å²) in [6, 6.07) is 14.9. The third-order valence-electron chi connectivity index (χ3n) is 4.22. The fraction of sp³-hybridized carbons (Fsp3) is 0.0870. The number of phenolic OH excluding ortho intramolecular Hbond substituents is 1. The highest BCUT2D eigenvalue weighted by atomic mass is 35.5. The van der Waals surface area contributed by atoms with Gasteiger partial charge in [0.1, 0.15) is 28.0 Å². The van der Waals surface area contributed by atoms with Crippen molar-refractivity contribution in [1.29, 1.82) is 5.26 Å². The molecule has 3 aromatic rings. The molecule has 0 aliphatic heterocycles. The van der Waals surface area contributed by atoms with E-state index >= 15 is 0 Å². The Hall–Kier alpha value is -3.60. The van der Waals surface area contributed by atoms with E-state index in [1.54, 1.807) is 48.7 Å². The van der Waals surface area contributed by atoms with Crippen molar-refractivity contribution >= 4 is 45.9 Å². The average Bonchev–Trinajstić information content (AvgIpc) is 3.17. The molecule has 0 bridgehead atoms. The van der Waals surface area contributed by atoms with Gasteiger partial charge in [-0.15, -0.1) is 11.3 Å². The Morgan fingerprint density at radius 2 is 1.87 bits per heavy atom. The first-order valence-corrected chi connectivity index (χ1v) is 10.5. The molecule has 0 saturated carbocycles. The summed E-state index contributed by atoms with van der Waals surface area (Å²) in [5.41, 5.74) is 1.97. The van der Waals surface area contributed by atoms with E-state index in [0.29, 0.717) is 16.1 Å². The van der Waals surface area contributed by atoms with Crippen molar-refractivity contribution in [2.75, 3.05) is 11.9 Å². The van der Waals surface area contributed by atoms with E-state index in [9.17, 15) is 20.0 Å². The lowest BCUT2D eigenvalue weighted by Crippen LogP contribution is -2.16. The third kappa shape index (κ3) is 5.31. The van der Waals surface area contributed by atoms with Crippen LogP contribution in [0, 0.1) is 11.3 Å². The molecule has 6 nitrogen and oxygen atoms in total. The minimum absolute atomic E-state index is 0.0764. The van der Waals surface area contributed by atoms with E-state index in [1.807, 2.05) is 6.07 Å². The number of ether oxygens (including phenoxy) is 1. The Labute approximate surface area is 188 Å². The first-order valence-electron chi connectivity index (χ1n) is 9.19. The molecule has 0 radical (unpaired) electrons. The number of esters is 1. The SMILES string of the molecule is CCOC(=O)c1c(-c2ccc(Cl)cc2)csc1NC(=O)/C(C#N)=C\c1ccc(O)cc1. The minimum Gasteiger partial charge on any atom is -0.508 e. The number of nitrogens with zero attached hydrogens (tertiary/aromatic N) is 1. The first-order chi connectivity index (χ1) is 14.9. The van der Waals surface area contributed by atoms with Gasteiger partial charge in [-0.2, -0.15) is 5.26 Å². The normalized spacial score (nSPS) is 10.9. The number of nitrogens with one attached hydrogen (secondary N) is 1. The molecule has 31 heavy (non-hydrogen) atoms. The van der Waals surface area contributed by atoms with Gasteiger partial charge in [-0.3, -0.25) is 4.79 Å². The largest absolute Gasteiger partial charge is 0.508 e. The number of halogens is 1. The Bertz CT molecular complexity index is 1180. The number of hydrogen-bond acceptors (Lipinski definition) is 6. The zero-order valence-electron chi connectivity index (χ0n) is 16.4. The third-order valence-corrected chi connectivity index (χ3v) is 5.37. The van der Waals surface area contributed by atoms with Gasteiger partial charge >= 0.3 is 5.97 Å². The lowest BCUT2D eigenvalue weighted by molar-refractivity contribution is -0.112. The van der Waals surface area contributed by atoms with E-state index in [2.05, 4.69) is 5.32 Å². The average molecular weight is 453 g/mol. The topological polar surface area (TPSA) is 99.4 Å². The minimum atomic E-state index is -0.661. The number of aromatic hydroxyl groups is 1. The van der Waals surface area contributed by atoms with Crippen molar-refractivity contribution in [2.45, 2.75) is 6.92 Å². The molecule has 156 valence electrons. The second-order valence-corrected chi connectivity index (χ2v) is 7.61. The number of phenols is 1. The Morgan fingerprint density at radius 3 is 2.48 bits per heavy atom. The molecular formula is C23H17ClN2O4S. The highest BCUT2D eigenvalue weighted by Gasteiger charge is 2.23. The van der Waals surface area contributed by atoms with Crippen LogP contribution in [0.3, 0.4) is 0 Å². The van der Waals surface area contributed by atoms with Crippen molar-refractivity contribution < 1.29 is 19.4 Å². The highest BCUT2D eigenvalue weighted by molar-refractivity contribution is 7.15. The van der Waals surface area contributed by atoms with Gasteiger partial charge in [0, 0.05) is 16.0 Å². The van der Waals surface area contributed by atoms with Crippen LogP contribution in [-0.4, -0.2) is 23.6 Å². The fourth-order valence-electron chi connectivity index (χ4n) is 2.75. The number of hydrogen-bond donors (Lipinski definition) is 2. The lowest BCUT2D eigenvalue weighted by Gasteiger charge is -2.09. The van der Waals surface area contributed by atoms with Crippen LogP contribution in [0.4, 0.5) is 5.00 Å². The second-order valence-electron chi connectivity index (χ2n) is 6.30. The number of thiophene rings is 1. The second kappa shape index (κ2) is 9.94. The Morgan fingerprint density at radius 1 is 1.19 bits per heavy atom. The van der Waals surface area contributed by atoms with E-state index in [1.165, 1.54) is 18.2 Å². The summed E-state index contributed by atoms with van der Waals surface area (Å²) in [4.78, 5) is 25.4. The standard InChI is InChI=1S/C23H17ClN2O4S/c1-2-30-23(29)20-19(15-5-7-17(24)8-6-15)13-31-22(20)26-21(28)16(12-25)11-14-3-9-18(27)10-4-14/h3-11,13,27H,2H2,1H3,(H,26,28)/b16-11-. The number of carbonyl (C=O) groups is 2. The number of nitriles is 1. The number of anilines is 1. The summed E-state index contributed by atoms with van der Waals surface area (Å²) in [5, 5.41) is 24.0. The van der Waals surface area contributed by atoms with Crippen LogP contribution in [0.25, 0.3) is 17.2 Å². The number of rotatable bonds is 6. The van der Waals surface area contributed by atoms with Crippen LogP contribution in [0.2, 0.25) is 5.02 Å². The number of benzene rings is 2. The molecule has 0 aliphatic rings. The Kier molecular flexibility index (Phi) is 7.08. The van der Waals surface area contributed by atoms with Crippen molar-refractivity contribution in [1.82, 2.24) is 0 Å². The van der Waals surface area contributed by atoms with E-state index < -0.39 is 11.9 Å². The molecule has 0 spiro atoms. The fourth-order valence-corrected chi connectivity index (χ4v) is 3.83. The lowest BCUT2D eigenvalue weighted by atomic mass is 10.0. The van der Waals surface area contributed by atoms with E-state index in [0.717, 1.165) is 16.9 Å². The molecule has 8 heteroatoms. The van der Waals surface area contributed by atoms with Gasteiger partial charge in [0.25, 0.3) is 5.91 Å². The highest BCUT2D eigenvalue weighted by Crippen LogP contribution is 2.37. The maximum atomic E-state index is 12.7. The molecule has 0 saturated heterocycles. The number of carbonyl (C=O) groups excluding carboxylic acids is 2. The molecule has 1 heterocycles. The zero-order chi connectivity index (χ0) is 22.4. The van der Waals surface area contributed by atoms with Gasteiger partial charge < -0.3 is 15.2 Å². The van der Waals surface area contributed by atoms with Gasteiger partial charge in [0.15, 0.2) is 0 Å². The molecule has 2 N–H and O–H groups in total. The summed E-state index contributed by atoms with van der Waals surface area (Å²) in [7, 11) is 0. The van der Waals surface area contributed by atoms with Crippen molar-refractivity contribution in [3.05, 3.63) is 75.6 Å². The smallest absolute Gasteiger partial charge is 0.341 e. The van der Waals surface area contributed by atoms with Gasteiger partial charge in [-0.1, -0.05) is 35.9 Å². The molecule has 2 aromatic carbocycles. The van der Waals surface area contributed by atoms with Crippen molar-refractivity contribution in [2.24, 2.45) is 0 Å². The van der Waals surface area contributed by atoms with Crippen LogP contribution < -0.4 is 5.32 Å². The Balaban J connectivity index is 1.95. The molecule has 0 unspecified atom stereocenters. The molecule has 1 amide bonds. The maximum absolute atomic E-state index is 12.7. The quantitative estimate of drug-likeness (QED) is 0.292. The predicted molar refractivity (Wildman–Crippen MR) is 121 cm³/mol. The zero-order valence-corrected chi connectivity index (χ0v) is 18.0. The predicted octanol–water partition coefficient (Wildman–Crippen LogP) is 5.50. The molecule has 0 aliphatic carbocycles. The van der Waals surface area contributed by atoms with Crippen molar-refractivity contribution in [3.63, 3.8) is 0 Å². The molecule has 0 fully saturated rings. The molecule has 3 rings (SSSR count). The van der Waals surface area contributed by atoms with E-state index in [-0.39, 0.29) is 28.5 Å². The molecular weight excluding hydrogens is 436 g/mol. The summed E-state index contributed by atoms with van der Waals surface area (Å²) in [6.45, 7) is 1.87. The summed E-state index contributed by atoms with van der Waals surface area (Å²) in [6.07, 6.45) is 1.40. The van der Waals surface area contributed by atoms with Gasteiger partial charge in [-0.05, 0) is 48.4 Å². The van der Waals surface area contributed by atoms with Crippen molar-refractivity contribution in [3.8, 4) is 22.9 Å². The van der Waals surface area contributed by atoms with Gasteiger partial charge in [0.05, 0.1) is 6.61 Å². The van der Waals surface area contributed by atoms with Gasteiger partial charge in [-0.25, -0.2) is 4.79 Å².